The SMILES string of the molecule is COCCNCCCCN(C)CC(C)C. The smallest absolute Gasteiger partial charge is 0.0587 e. The Hall–Kier alpha value is -0.120. The summed E-state index contributed by atoms with van der Waals surface area (Å²) in [6, 6.07) is 0. The van der Waals surface area contributed by atoms with E-state index in [2.05, 4.69) is 31.1 Å². The molecule has 15 heavy (non-hydrogen) atoms. The van der Waals surface area contributed by atoms with E-state index in [1.807, 2.05) is 0 Å². The number of ether oxygens (including phenoxy) is 1. The first kappa shape index (κ1) is 14.9. The van der Waals surface area contributed by atoms with Crippen LogP contribution in [0.25, 0.3) is 0 Å². The molecule has 3 heteroatoms. The van der Waals surface area contributed by atoms with Gasteiger partial charge in [-0.05, 0) is 38.9 Å². The molecule has 0 unspecified atom stereocenters. The molecule has 0 aliphatic rings. The average Bonchev–Trinajstić information content (AvgIpc) is 2.15. The van der Waals surface area contributed by atoms with Crippen LogP contribution >= 0.6 is 0 Å². The molecular formula is C12H28N2O. The molecule has 1 N–H and O–H groups in total. The van der Waals surface area contributed by atoms with Crippen molar-refractivity contribution in [3.8, 4) is 0 Å². The van der Waals surface area contributed by atoms with Gasteiger partial charge in [0.05, 0.1) is 6.61 Å². The van der Waals surface area contributed by atoms with Crippen molar-refractivity contribution in [3.63, 3.8) is 0 Å². The minimum absolute atomic E-state index is 0.773. The number of hydrogen-bond donors (Lipinski definition) is 1. The Bertz CT molecular complexity index is 129. The fourth-order valence-electron chi connectivity index (χ4n) is 1.65. The number of rotatable bonds is 10. The summed E-state index contributed by atoms with van der Waals surface area (Å²) in [4.78, 5) is 2.42. The highest BCUT2D eigenvalue weighted by molar-refractivity contribution is 4.56. The van der Waals surface area contributed by atoms with Gasteiger partial charge >= 0.3 is 0 Å². The second kappa shape index (κ2) is 10.4. The van der Waals surface area contributed by atoms with E-state index in [1.165, 1.54) is 25.9 Å². The van der Waals surface area contributed by atoms with Crippen LogP contribution < -0.4 is 5.32 Å². The van der Waals surface area contributed by atoms with Crippen molar-refractivity contribution in [2.45, 2.75) is 26.7 Å². The maximum atomic E-state index is 4.96. The highest BCUT2D eigenvalue weighted by Crippen LogP contribution is 1.97. The van der Waals surface area contributed by atoms with Crippen LogP contribution in [-0.4, -0.2) is 51.8 Å². The summed E-state index contributed by atoms with van der Waals surface area (Å²) in [5, 5.41) is 3.36. The van der Waals surface area contributed by atoms with Crippen molar-refractivity contribution in [3.05, 3.63) is 0 Å². The summed E-state index contributed by atoms with van der Waals surface area (Å²) in [7, 11) is 3.95. The molecule has 0 aromatic carbocycles. The van der Waals surface area contributed by atoms with Gasteiger partial charge in [-0.15, -0.1) is 0 Å². The Labute approximate surface area is 95.2 Å². The Morgan fingerprint density at radius 1 is 1.20 bits per heavy atom. The maximum absolute atomic E-state index is 4.96. The van der Waals surface area contributed by atoms with Crippen LogP contribution in [0.15, 0.2) is 0 Å². The van der Waals surface area contributed by atoms with Gasteiger partial charge in [0.1, 0.15) is 0 Å². The Morgan fingerprint density at radius 3 is 2.53 bits per heavy atom. The molecule has 0 aliphatic carbocycles. The second-order valence-electron chi connectivity index (χ2n) is 4.61. The van der Waals surface area contributed by atoms with Crippen LogP contribution in [0.5, 0.6) is 0 Å². The van der Waals surface area contributed by atoms with Crippen molar-refractivity contribution >= 4 is 0 Å². The average molecular weight is 216 g/mol. The van der Waals surface area contributed by atoms with Crippen molar-refractivity contribution in [1.82, 2.24) is 10.2 Å². The van der Waals surface area contributed by atoms with E-state index in [4.69, 9.17) is 4.74 Å². The van der Waals surface area contributed by atoms with Crippen molar-refractivity contribution < 1.29 is 4.74 Å². The first-order valence-corrected chi connectivity index (χ1v) is 6.05. The van der Waals surface area contributed by atoms with Gasteiger partial charge in [0, 0.05) is 20.2 Å². The lowest BCUT2D eigenvalue weighted by Crippen LogP contribution is -2.25. The van der Waals surface area contributed by atoms with Crippen LogP contribution in [0.2, 0.25) is 0 Å². The summed E-state index contributed by atoms with van der Waals surface area (Å²) in [6.07, 6.45) is 2.54. The van der Waals surface area contributed by atoms with Crippen LogP contribution in [0.4, 0.5) is 0 Å². The Balaban J connectivity index is 3.09. The normalized spacial score (nSPS) is 11.6. The van der Waals surface area contributed by atoms with Gasteiger partial charge in [0.15, 0.2) is 0 Å². The largest absolute Gasteiger partial charge is 0.383 e. The summed E-state index contributed by atoms with van der Waals surface area (Å²) in [6.45, 7) is 9.84. The lowest BCUT2D eigenvalue weighted by Gasteiger charge is -2.18. The lowest BCUT2D eigenvalue weighted by atomic mass is 10.2. The molecule has 0 aliphatic heterocycles. The molecular weight excluding hydrogens is 188 g/mol. The van der Waals surface area contributed by atoms with E-state index in [0.29, 0.717) is 0 Å². The summed E-state index contributed by atoms with van der Waals surface area (Å²) >= 11 is 0. The van der Waals surface area contributed by atoms with Crippen LogP contribution in [0, 0.1) is 5.92 Å². The van der Waals surface area contributed by atoms with Gasteiger partial charge in [-0.3, -0.25) is 0 Å². The minimum Gasteiger partial charge on any atom is -0.383 e. The van der Waals surface area contributed by atoms with Crippen molar-refractivity contribution in [2.24, 2.45) is 5.92 Å². The number of unbranched alkanes of at least 4 members (excludes halogenated alkanes) is 1. The molecule has 3 nitrogen and oxygen atoms in total. The number of methoxy groups -OCH3 is 1. The van der Waals surface area contributed by atoms with E-state index in [-0.39, 0.29) is 0 Å². The molecule has 0 spiro atoms. The zero-order valence-electron chi connectivity index (χ0n) is 10.9. The summed E-state index contributed by atoms with van der Waals surface area (Å²) in [5.74, 6) is 0.773. The minimum atomic E-state index is 0.773. The number of nitrogens with one attached hydrogen (secondary N) is 1. The first-order valence-electron chi connectivity index (χ1n) is 6.05. The Morgan fingerprint density at radius 2 is 1.93 bits per heavy atom. The Kier molecular flexibility index (Phi) is 10.3. The fraction of sp³-hybridized carbons (Fsp3) is 1.00. The zero-order chi connectivity index (χ0) is 11.5. The van der Waals surface area contributed by atoms with Gasteiger partial charge in [-0.2, -0.15) is 0 Å². The van der Waals surface area contributed by atoms with Crippen LogP contribution in [0.1, 0.15) is 26.7 Å². The molecule has 0 rings (SSSR count). The molecule has 0 aromatic heterocycles. The van der Waals surface area contributed by atoms with E-state index >= 15 is 0 Å². The van der Waals surface area contributed by atoms with Crippen LogP contribution in [-0.2, 0) is 4.74 Å². The molecule has 0 fully saturated rings. The third-order valence-corrected chi connectivity index (χ3v) is 2.30. The topological polar surface area (TPSA) is 24.5 Å². The highest BCUT2D eigenvalue weighted by Gasteiger charge is 2.00. The molecule has 0 aromatic rings. The third-order valence-electron chi connectivity index (χ3n) is 2.30. The number of hydrogen-bond acceptors (Lipinski definition) is 3. The standard InChI is InChI=1S/C12H28N2O/c1-12(2)11-14(3)9-6-5-7-13-8-10-15-4/h12-13H,5-11H2,1-4H3. The predicted octanol–water partition coefficient (Wildman–Crippen LogP) is 1.59. The third kappa shape index (κ3) is 11.8. The second-order valence-corrected chi connectivity index (χ2v) is 4.61. The molecule has 0 saturated heterocycles. The van der Waals surface area contributed by atoms with Gasteiger partial charge in [0.2, 0.25) is 0 Å². The zero-order valence-corrected chi connectivity index (χ0v) is 10.9. The van der Waals surface area contributed by atoms with Gasteiger partial charge in [0.25, 0.3) is 0 Å². The van der Waals surface area contributed by atoms with Crippen LogP contribution in [0.3, 0.4) is 0 Å². The number of nitrogens with zero attached hydrogens (tertiary/aromatic N) is 1. The van der Waals surface area contributed by atoms with Crippen molar-refractivity contribution in [2.75, 3.05) is 46.9 Å². The molecule has 0 heterocycles. The molecule has 92 valence electrons. The van der Waals surface area contributed by atoms with Gasteiger partial charge < -0.3 is 15.0 Å². The molecule has 0 radical (unpaired) electrons. The highest BCUT2D eigenvalue weighted by atomic mass is 16.5. The lowest BCUT2D eigenvalue weighted by molar-refractivity contribution is 0.199. The molecule has 0 atom stereocenters. The van der Waals surface area contributed by atoms with Crippen molar-refractivity contribution in [1.29, 1.82) is 0 Å². The predicted molar refractivity (Wildman–Crippen MR) is 66.3 cm³/mol. The maximum Gasteiger partial charge on any atom is 0.0587 e. The van der Waals surface area contributed by atoms with E-state index in [1.54, 1.807) is 7.11 Å². The first-order chi connectivity index (χ1) is 7.16. The van der Waals surface area contributed by atoms with E-state index in [0.717, 1.165) is 25.6 Å². The quantitative estimate of drug-likeness (QED) is 0.561. The molecule has 0 saturated carbocycles. The molecule has 0 amide bonds. The summed E-state index contributed by atoms with van der Waals surface area (Å²) < 4.78 is 4.96. The van der Waals surface area contributed by atoms with E-state index in [9.17, 15) is 0 Å². The summed E-state index contributed by atoms with van der Waals surface area (Å²) in [5.41, 5.74) is 0. The fourth-order valence-corrected chi connectivity index (χ4v) is 1.65. The van der Waals surface area contributed by atoms with Gasteiger partial charge in [-0.25, -0.2) is 0 Å². The molecule has 0 bridgehead atoms. The monoisotopic (exact) mass is 216 g/mol. The van der Waals surface area contributed by atoms with Gasteiger partial charge in [-0.1, -0.05) is 13.8 Å². The van der Waals surface area contributed by atoms with E-state index < -0.39 is 0 Å².